The summed E-state index contributed by atoms with van der Waals surface area (Å²) in [5.74, 6) is 0.560. The summed E-state index contributed by atoms with van der Waals surface area (Å²) in [7, 11) is -3.19. The first-order chi connectivity index (χ1) is 9.03. The third kappa shape index (κ3) is 7.25. The molecule has 1 rings (SSSR count). The molecule has 0 aliphatic carbocycles. The van der Waals surface area contributed by atoms with Crippen LogP contribution in [-0.2, 0) is 16.4 Å². The zero-order chi connectivity index (χ0) is 14.1. The number of rotatable bonds is 9. The highest BCUT2D eigenvalue weighted by molar-refractivity contribution is 7.89. The molecule has 0 saturated carbocycles. The minimum Gasteiger partial charge on any atom is -0.330 e. The molecule has 0 aliphatic rings. The minimum atomic E-state index is -3.19. The molecule has 5 nitrogen and oxygen atoms in total. The van der Waals surface area contributed by atoms with Crippen LogP contribution in [-0.4, -0.2) is 32.2 Å². The number of nitrogens with zero attached hydrogens (tertiary/aromatic N) is 1. The van der Waals surface area contributed by atoms with Crippen LogP contribution in [0.25, 0.3) is 0 Å². The zero-order valence-electron chi connectivity index (χ0n) is 11.4. The van der Waals surface area contributed by atoms with E-state index in [4.69, 9.17) is 5.73 Å². The largest absolute Gasteiger partial charge is 0.330 e. The average molecular weight is 285 g/mol. The molecule has 1 heterocycles. The number of aromatic nitrogens is 1. The first kappa shape index (κ1) is 16.1. The van der Waals surface area contributed by atoms with Gasteiger partial charge in [0.25, 0.3) is 0 Å². The molecule has 1 unspecified atom stereocenters. The summed E-state index contributed by atoms with van der Waals surface area (Å²) in [6.07, 6.45) is 5.63. The predicted molar refractivity (Wildman–Crippen MR) is 77.2 cm³/mol. The van der Waals surface area contributed by atoms with E-state index in [2.05, 4.69) is 16.6 Å². The number of aryl methyl sites for hydroxylation is 1. The van der Waals surface area contributed by atoms with Crippen LogP contribution in [0, 0.1) is 5.92 Å². The molecule has 0 bridgehead atoms. The molecule has 108 valence electrons. The average Bonchev–Trinajstić information content (AvgIpc) is 2.42. The van der Waals surface area contributed by atoms with Crippen LogP contribution in [0.2, 0.25) is 0 Å². The van der Waals surface area contributed by atoms with Crippen molar-refractivity contribution in [1.82, 2.24) is 9.71 Å². The van der Waals surface area contributed by atoms with Crippen molar-refractivity contribution in [3.8, 4) is 0 Å². The first-order valence-corrected chi connectivity index (χ1v) is 8.25. The maximum atomic E-state index is 11.8. The highest BCUT2D eigenvalue weighted by Gasteiger charge is 2.10. The summed E-state index contributed by atoms with van der Waals surface area (Å²) in [5, 5.41) is 0. The Bertz CT molecular complexity index is 448. The quantitative estimate of drug-likeness (QED) is 0.661. The molecular weight excluding hydrogens is 262 g/mol. The van der Waals surface area contributed by atoms with Gasteiger partial charge in [-0.25, -0.2) is 13.1 Å². The Labute approximate surface area is 115 Å². The monoisotopic (exact) mass is 285 g/mol. The fraction of sp³-hybridized carbons (Fsp3) is 0.615. The van der Waals surface area contributed by atoms with Gasteiger partial charge in [-0.05, 0) is 49.4 Å². The molecule has 1 atom stereocenters. The van der Waals surface area contributed by atoms with Gasteiger partial charge in [0, 0.05) is 18.9 Å². The van der Waals surface area contributed by atoms with Crippen molar-refractivity contribution >= 4 is 10.0 Å². The molecule has 0 spiro atoms. The number of pyridine rings is 1. The third-order valence-corrected chi connectivity index (χ3v) is 4.39. The smallest absolute Gasteiger partial charge is 0.211 e. The van der Waals surface area contributed by atoms with E-state index in [1.54, 1.807) is 12.4 Å². The third-order valence-electron chi connectivity index (χ3n) is 3.01. The Kier molecular flexibility index (Phi) is 6.97. The van der Waals surface area contributed by atoms with Crippen LogP contribution in [0.3, 0.4) is 0 Å². The SMILES string of the molecule is CC(CN)CCCNS(=O)(=O)CCc1ccncc1. The minimum absolute atomic E-state index is 0.115. The van der Waals surface area contributed by atoms with Gasteiger partial charge in [-0.15, -0.1) is 0 Å². The van der Waals surface area contributed by atoms with E-state index in [9.17, 15) is 8.42 Å². The molecule has 0 saturated heterocycles. The lowest BCUT2D eigenvalue weighted by molar-refractivity contribution is 0.513. The maximum absolute atomic E-state index is 11.8. The fourth-order valence-electron chi connectivity index (χ4n) is 1.67. The van der Waals surface area contributed by atoms with Gasteiger partial charge in [0.1, 0.15) is 0 Å². The molecule has 0 aromatic carbocycles. The van der Waals surface area contributed by atoms with E-state index in [1.165, 1.54) is 0 Å². The van der Waals surface area contributed by atoms with Crippen molar-refractivity contribution in [3.63, 3.8) is 0 Å². The number of hydrogen-bond donors (Lipinski definition) is 2. The molecule has 1 aromatic rings. The van der Waals surface area contributed by atoms with E-state index in [0.29, 0.717) is 25.4 Å². The van der Waals surface area contributed by atoms with Gasteiger partial charge in [-0.1, -0.05) is 6.92 Å². The van der Waals surface area contributed by atoms with Crippen LogP contribution in [0.5, 0.6) is 0 Å². The van der Waals surface area contributed by atoms with Crippen LogP contribution >= 0.6 is 0 Å². The van der Waals surface area contributed by atoms with Gasteiger partial charge >= 0.3 is 0 Å². The molecule has 0 fully saturated rings. The second-order valence-electron chi connectivity index (χ2n) is 4.80. The lowest BCUT2D eigenvalue weighted by atomic mass is 10.1. The molecule has 0 radical (unpaired) electrons. The lowest BCUT2D eigenvalue weighted by Crippen LogP contribution is -2.28. The van der Waals surface area contributed by atoms with E-state index >= 15 is 0 Å². The number of nitrogens with one attached hydrogen (secondary N) is 1. The predicted octanol–water partition coefficient (Wildman–Crippen LogP) is 0.919. The van der Waals surface area contributed by atoms with Crippen LogP contribution < -0.4 is 10.5 Å². The Morgan fingerprint density at radius 1 is 1.37 bits per heavy atom. The van der Waals surface area contributed by atoms with Gasteiger partial charge in [-0.3, -0.25) is 4.98 Å². The summed E-state index contributed by atoms with van der Waals surface area (Å²) in [4.78, 5) is 3.90. The normalized spacial score (nSPS) is 13.4. The van der Waals surface area contributed by atoms with E-state index in [0.717, 1.165) is 18.4 Å². The number of nitrogens with two attached hydrogens (primary N) is 1. The standard InChI is InChI=1S/C13H23N3O2S/c1-12(11-14)3-2-7-16-19(17,18)10-6-13-4-8-15-9-5-13/h4-5,8-9,12,16H,2-3,6-7,10-11,14H2,1H3. The van der Waals surface area contributed by atoms with E-state index in [1.807, 2.05) is 12.1 Å². The number of hydrogen-bond acceptors (Lipinski definition) is 4. The fourth-order valence-corrected chi connectivity index (χ4v) is 2.77. The number of sulfonamides is 1. The second-order valence-corrected chi connectivity index (χ2v) is 6.73. The van der Waals surface area contributed by atoms with Gasteiger partial charge in [0.2, 0.25) is 10.0 Å². The van der Waals surface area contributed by atoms with Crippen molar-refractivity contribution in [2.24, 2.45) is 11.7 Å². The summed E-state index contributed by atoms with van der Waals surface area (Å²) < 4.78 is 26.2. The Hall–Kier alpha value is -0.980. The van der Waals surface area contributed by atoms with Crippen LogP contribution in [0.1, 0.15) is 25.3 Å². The van der Waals surface area contributed by atoms with Crippen molar-refractivity contribution in [1.29, 1.82) is 0 Å². The zero-order valence-corrected chi connectivity index (χ0v) is 12.2. The topological polar surface area (TPSA) is 85.1 Å². The van der Waals surface area contributed by atoms with E-state index in [-0.39, 0.29) is 5.75 Å². The second kappa shape index (κ2) is 8.24. The van der Waals surface area contributed by atoms with Crippen LogP contribution in [0.4, 0.5) is 0 Å². The van der Waals surface area contributed by atoms with Gasteiger partial charge < -0.3 is 5.73 Å². The maximum Gasteiger partial charge on any atom is 0.211 e. The Morgan fingerprint density at radius 2 is 2.05 bits per heavy atom. The van der Waals surface area contributed by atoms with Crippen molar-refractivity contribution in [2.75, 3.05) is 18.8 Å². The van der Waals surface area contributed by atoms with Crippen LogP contribution in [0.15, 0.2) is 24.5 Å². The molecule has 19 heavy (non-hydrogen) atoms. The Morgan fingerprint density at radius 3 is 2.68 bits per heavy atom. The summed E-state index contributed by atoms with van der Waals surface area (Å²) >= 11 is 0. The molecular formula is C13H23N3O2S. The van der Waals surface area contributed by atoms with Gasteiger partial charge in [-0.2, -0.15) is 0 Å². The summed E-state index contributed by atoms with van der Waals surface area (Å²) in [5.41, 5.74) is 6.49. The highest BCUT2D eigenvalue weighted by Crippen LogP contribution is 2.03. The molecule has 1 aromatic heterocycles. The van der Waals surface area contributed by atoms with Crippen molar-refractivity contribution < 1.29 is 8.42 Å². The molecule has 6 heteroatoms. The molecule has 0 aliphatic heterocycles. The van der Waals surface area contributed by atoms with E-state index < -0.39 is 10.0 Å². The molecule has 3 N–H and O–H groups in total. The first-order valence-electron chi connectivity index (χ1n) is 6.60. The highest BCUT2D eigenvalue weighted by atomic mass is 32.2. The Balaban J connectivity index is 2.25. The van der Waals surface area contributed by atoms with Gasteiger partial charge in [0.05, 0.1) is 5.75 Å². The van der Waals surface area contributed by atoms with Crippen molar-refractivity contribution in [2.45, 2.75) is 26.2 Å². The van der Waals surface area contributed by atoms with Crippen molar-refractivity contribution in [3.05, 3.63) is 30.1 Å². The molecule has 0 amide bonds. The lowest BCUT2D eigenvalue weighted by Gasteiger charge is -2.09. The summed E-state index contributed by atoms with van der Waals surface area (Å²) in [6.45, 7) is 3.20. The summed E-state index contributed by atoms with van der Waals surface area (Å²) in [6, 6.07) is 3.66. The van der Waals surface area contributed by atoms with Gasteiger partial charge in [0.15, 0.2) is 0 Å².